The Labute approximate surface area is 158 Å². The van der Waals surface area contributed by atoms with E-state index in [-0.39, 0.29) is 0 Å². The zero-order valence-electron chi connectivity index (χ0n) is 18.3. The SMILES string of the molecule is CC(C)(C)C12CC3CC(CC(C3)C1)C2.CC(C)(C)C1CCCCCC1. The van der Waals surface area contributed by atoms with Crippen molar-refractivity contribution in [1.29, 1.82) is 0 Å². The van der Waals surface area contributed by atoms with Crippen LogP contribution in [0.1, 0.15) is 119 Å². The molecule has 0 atom stereocenters. The van der Waals surface area contributed by atoms with E-state index in [2.05, 4.69) is 41.5 Å². The van der Waals surface area contributed by atoms with E-state index in [1.807, 2.05) is 0 Å². The third-order valence-electron chi connectivity index (χ3n) is 8.71. The predicted octanol–water partition coefficient (Wildman–Crippen LogP) is 8.25. The number of hydrogen-bond acceptors (Lipinski definition) is 0. The van der Waals surface area contributed by atoms with Crippen molar-refractivity contribution in [2.75, 3.05) is 0 Å². The highest BCUT2D eigenvalue weighted by Crippen LogP contribution is 2.65. The molecule has 0 aliphatic heterocycles. The van der Waals surface area contributed by atoms with Crippen LogP contribution in [0.15, 0.2) is 0 Å². The zero-order valence-corrected chi connectivity index (χ0v) is 18.3. The minimum absolute atomic E-state index is 0.559. The molecule has 0 spiro atoms. The van der Waals surface area contributed by atoms with Crippen LogP contribution < -0.4 is 0 Å². The van der Waals surface area contributed by atoms with Gasteiger partial charge in [0.05, 0.1) is 0 Å². The first-order valence-electron chi connectivity index (χ1n) is 11.6. The molecule has 4 bridgehead atoms. The van der Waals surface area contributed by atoms with Gasteiger partial charge in [-0.2, -0.15) is 0 Å². The molecule has 5 rings (SSSR count). The summed E-state index contributed by atoms with van der Waals surface area (Å²) in [5.41, 5.74) is 1.86. The fourth-order valence-electron chi connectivity index (χ4n) is 7.17. The van der Waals surface area contributed by atoms with Crippen LogP contribution in [0.2, 0.25) is 0 Å². The average molecular weight is 347 g/mol. The van der Waals surface area contributed by atoms with Gasteiger partial charge in [0, 0.05) is 0 Å². The molecule has 0 N–H and O–H groups in total. The van der Waals surface area contributed by atoms with Gasteiger partial charge in [0.1, 0.15) is 0 Å². The molecule has 25 heavy (non-hydrogen) atoms. The summed E-state index contributed by atoms with van der Waals surface area (Å²) in [5.74, 6) is 4.33. The molecule has 5 aliphatic carbocycles. The van der Waals surface area contributed by atoms with Crippen molar-refractivity contribution in [3.8, 4) is 0 Å². The summed E-state index contributed by atoms with van der Waals surface area (Å²) in [6, 6.07) is 0. The normalized spacial score (nSPS) is 38.9. The van der Waals surface area contributed by atoms with Gasteiger partial charge in [0.15, 0.2) is 0 Å². The quantitative estimate of drug-likeness (QED) is 0.387. The fourth-order valence-corrected chi connectivity index (χ4v) is 7.17. The topological polar surface area (TPSA) is 0 Å². The molecular formula is C25H46. The van der Waals surface area contributed by atoms with E-state index >= 15 is 0 Å². The minimum atomic E-state index is 0.559. The Bertz CT molecular complexity index is 387. The molecule has 0 aromatic carbocycles. The lowest BCUT2D eigenvalue weighted by atomic mass is 9.43. The third kappa shape index (κ3) is 4.47. The lowest BCUT2D eigenvalue weighted by Crippen LogP contribution is -2.51. The predicted molar refractivity (Wildman–Crippen MR) is 111 cm³/mol. The Morgan fingerprint density at radius 1 is 0.600 bits per heavy atom. The first-order chi connectivity index (χ1) is 11.6. The highest BCUT2D eigenvalue weighted by atomic mass is 14.6. The molecular weight excluding hydrogens is 300 g/mol. The highest BCUT2D eigenvalue weighted by Gasteiger charge is 2.55. The first-order valence-corrected chi connectivity index (χ1v) is 11.6. The molecule has 0 aromatic heterocycles. The molecule has 0 amide bonds. The summed E-state index contributed by atoms with van der Waals surface area (Å²) in [6.07, 6.45) is 18.3. The molecule has 0 aromatic rings. The van der Waals surface area contributed by atoms with Crippen LogP contribution in [0, 0.1) is 39.9 Å². The molecule has 5 saturated carbocycles. The van der Waals surface area contributed by atoms with Gasteiger partial charge >= 0.3 is 0 Å². The summed E-state index contributed by atoms with van der Waals surface area (Å²) < 4.78 is 0. The smallest absolute Gasteiger partial charge is 0.0241 e. The van der Waals surface area contributed by atoms with E-state index in [1.54, 1.807) is 38.5 Å². The van der Waals surface area contributed by atoms with Crippen LogP contribution >= 0.6 is 0 Å². The average Bonchev–Trinajstić information content (AvgIpc) is 2.74. The van der Waals surface area contributed by atoms with Crippen molar-refractivity contribution < 1.29 is 0 Å². The molecule has 0 heterocycles. The van der Waals surface area contributed by atoms with E-state index in [9.17, 15) is 0 Å². The van der Waals surface area contributed by atoms with E-state index in [0.29, 0.717) is 10.8 Å². The fraction of sp³-hybridized carbons (Fsp3) is 1.00. The van der Waals surface area contributed by atoms with E-state index in [1.165, 1.54) is 38.5 Å². The van der Waals surface area contributed by atoms with Crippen molar-refractivity contribution in [3.63, 3.8) is 0 Å². The lowest BCUT2D eigenvalue weighted by molar-refractivity contribution is -0.113. The number of hydrogen-bond donors (Lipinski definition) is 0. The van der Waals surface area contributed by atoms with Crippen LogP contribution in [0.3, 0.4) is 0 Å². The molecule has 5 aliphatic rings. The van der Waals surface area contributed by atoms with Crippen LogP contribution in [-0.2, 0) is 0 Å². The van der Waals surface area contributed by atoms with Crippen LogP contribution in [0.5, 0.6) is 0 Å². The van der Waals surface area contributed by atoms with E-state index in [4.69, 9.17) is 0 Å². The molecule has 5 fully saturated rings. The van der Waals surface area contributed by atoms with Gasteiger partial charge in [-0.3, -0.25) is 0 Å². The van der Waals surface area contributed by atoms with Crippen molar-refractivity contribution in [2.24, 2.45) is 39.9 Å². The maximum Gasteiger partial charge on any atom is -0.0241 e. The summed E-state index contributed by atoms with van der Waals surface area (Å²) in [6.45, 7) is 14.6. The van der Waals surface area contributed by atoms with Crippen molar-refractivity contribution in [1.82, 2.24) is 0 Å². The summed E-state index contributed by atoms with van der Waals surface area (Å²) in [4.78, 5) is 0. The third-order valence-corrected chi connectivity index (χ3v) is 8.71. The van der Waals surface area contributed by atoms with Crippen LogP contribution in [-0.4, -0.2) is 0 Å². The summed E-state index contributed by atoms with van der Waals surface area (Å²) in [5, 5.41) is 0. The van der Waals surface area contributed by atoms with Gasteiger partial charge in [0.25, 0.3) is 0 Å². The Hall–Kier alpha value is 0. The van der Waals surface area contributed by atoms with Gasteiger partial charge in [-0.15, -0.1) is 0 Å². The maximum absolute atomic E-state index is 2.49. The van der Waals surface area contributed by atoms with E-state index in [0.717, 1.165) is 29.1 Å². The van der Waals surface area contributed by atoms with E-state index < -0.39 is 0 Å². The largest absolute Gasteiger partial charge is 0.0599 e. The standard InChI is InChI=1S/C14H24.C11H22/c1-13(2,3)14-7-10-4-11(8-14)6-12(5-10)9-14;1-11(2,3)10-8-6-4-5-7-9-10/h10-12H,4-9H2,1-3H3;10H,4-9H2,1-3H3. The zero-order chi connectivity index (χ0) is 18.3. The van der Waals surface area contributed by atoms with Crippen molar-refractivity contribution in [2.45, 2.75) is 119 Å². The van der Waals surface area contributed by atoms with Gasteiger partial charge < -0.3 is 0 Å². The monoisotopic (exact) mass is 346 g/mol. The molecule has 0 unspecified atom stereocenters. The molecule has 0 nitrogen and oxygen atoms in total. The Morgan fingerprint density at radius 2 is 1.00 bits per heavy atom. The highest BCUT2D eigenvalue weighted by molar-refractivity contribution is 5.05. The van der Waals surface area contributed by atoms with Crippen molar-refractivity contribution >= 4 is 0 Å². The van der Waals surface area contributed by atoms with Crippen LogP contribution in [0.4, 0.5) is 0 Å². The second-order valence-corrected chi connectivity index (χ2v) is 12.5. The molecule has 0 saturated heterocycles. The lowest BCUT2D eigenvalue weighted by Gasteiger charge is -2.62. The van der Waals surface area contributed by atoms with Gasteiger partial charge in [-0.05, 0) is 91.3 Å². The minimum Gasteiger partial charge on any atom is -0.0599 e. The molecule has 0 heteroatoms. The van der Waals surface area contributed by atoms with Gasteiger partial charge in [0.2, 0.25) is 0 Å². The second-order valence-electron chi connectivity index (χ2n) is 12.5. The van der Waals surface area contributed by atoms with Crippen LogP contribution in [0.25, 0.3) is 0 Å². The second kappa shape index (κ2) is 7.20. The number of rotatable bonds is 0. The molecule has 146 valence electrons. The Kier molecular flexibility index (Phi) is 5.69. The van der Waals surface area contributed by atoms with Crippen molar-refractivity contribution in [3.05, 3.63) is 0 Å². The van der Waals surface area contributed by atoms with Gasteiger partial charge in [-0.1, -0.05) is 67.2 Å². The maximum atomic E-state index is 2.49. The summed E-state index contributed by atoms with van der Waals surface area (Å²) in [7, 11) is 0. The summed E-state index contributed by atoms with van der Waals surface area (Å²) >= 11 is 0. The van der Waals surface area contributed by atoms with Gasteiger partial charge in [-0.25, -0.2) is 0 Å². The first kappa shape index (κ1) is 19.8. The molecule has 0 radical (unpaired) electrons. The Balaban J connectivity index is 0.000000151. The Morgan fingerprint density at radius 3 is 1.32 bits per heavy atom.